The number of ether oxygens (including phenoxy) is 2. The van der Waals surface area contributed by atoms with E-state index in [1.807, 2.05) is 42.5 Å². The van der Waals surface area contributed by atoms with E-state index in [2.05, 4.69) is 26.3 Å². The van der Waals surface area contributed by atoms with E-state index in [1.165, 1.54) is 9.80 Å². The molecule has 0 saturated carbocycles. The van der Waals surface area contributed by atoms with Gasteiger partial charge in [0.2, 0.25) is 11.8 Å². The summed E-state index contributed by atoms with van der Waals surface area (Å²) in [5.74, 6) is -1.43. The van der Waals surface area contributed by atoms with Crippen LogP contribution in [0.3, 0.4) is 0 Å². The second-order valence-electron chi connectivity index (χ2n) is 16.6. The van der Waals surface area contributed by atoms with Crippen molar-refractivity contribution in [2.45, 2.75) is 83.1 Å². The van der Waals surface area contributed by atoms with Crippen LogP contribution in [0.25, 0.3) is 22.2 Å². The summed E-state index contributed by atoms with van der Waals surface area (Å²) in [5, 5.41) is 12.2. The van der Waals surface area contributed by atoms with Crippen molar-refractivity contribution in [2.75, 3.05) is 30.3 Å². The molecule has 6 amide bonds. The monoisotopic (exact) mass is 855 g/mol. The van der Waals surface area contributed by atoms with Crippen LogP contribution in [0, 0.1) is 0 Å². The first kappa shape index (κ1) is 43.9. The van der Waals surface area contributed by atoms with Crippen LogP contribution in [0.15, 0.2) is 109 Å². The number of aromatic amines is 1. The lowest BCUT2D eigenvalue weighted by atomic mass is 10.0. The molecule has 2 aliphatic rings. The third-order valence-electron chi connectivity index (χ3n) is 11.0. The van der Waals surface area contributed by atoms with Crippen molar-refractivity contribution in [1.82, 2.24) is 25.4 Å². The number of anilines is 2. The number of H-pyrrole nitrogens is 1. The smallest absolute Gasteiger partial charge is 0.408 e. The van der Waals surface area contributed by atoms with E-state index in [0.29, 0.717) is 61.3 Å². The van der Waals surface area contributed by atoms with E-state index >= 15 is 0 Å². The molecule has 2 fully saturated rings. The summed E-state index contributed by atoms with van der Waals surface area (Å²) in [7, 11) is 0. The molecule has 7 rings (SSSR count). The fourth-order valence-electron chi connectivity index (χ4n) is 8.07. The molecule has 1 aromatic heterocycles. The van der Waals surface area contributed by atoms with E-state index in [-0.39, 0.29) is 24.3 Å². The molecule has 0 spiro atoms. The molecule has 5 N–H and O–H groups in total. The van der Waals surface area contributed by atoms with Crippen LogP contribution in [0.1, 0.15) is 76.6 Å². The zero-order valence-electron chi connectivity index (χ0n) is 35.8. The maximum atomic E-state index is 14.0. The number of carbonyl (C=O) groups excluding carboxylic acids is 6. The highest BCUT2D eigenvalue weighted by molar-refractivity contribution is 6.01. The van der Waals surface area contributed by atoms with Crippen molar-refractivity contribution in [2.24, 2.45) is 0 Å². The molecule has 2 saturated heterocycles. The zero-order valence-corrected chi connectivity index (χ0v) is 35.8. The quantitative estimate of drug-likeness (QED) is 0.0855. The number of carbonyl (C=O) groups is 6. The molecule has 15 heteroatoms. The topological polar surface area (TPSA) is 191 Å². The predicted molar refractivity (Wildman–Crippen MR) is 238 cm³/mol. The molecule has 0 radical (unpaired) electrons. The Morgan fingerprint density at radius 3 is 1.70 bits per heavy atom. The fourth-order valence-corrected chi connectivity index (χ4v) is 8.07. The third kappa shape index (κ3) is 10.7. The number of benzene rings is 4. The fraction of sp³-hybridized carbons (Fsp3) is 0.333. The zero-order chi connectivity index (χ0) is 44.7. The van der Waals surface area contributed by atoms with Gasteiger partial charge in [-0.2, -0.15) is 0 Å². The lowest BCUT2D eigenvalue weighted by Crippen LogP contribution is -2.49. The molecule has 4 aromatic carbocycles. The Kier molecular flexibility index (Phi) is 13.4. The molecule has 0 unspecified atom stereocenters. The average Bonchev–Trinajstić information content (AvgIpc) is 4.06. The van der Waals surface area contributed by atoms with Gasteiger partial charge in [-0.05, 0) is 106 Å². The predicted octanol–water partition coefficient (Wildman–Crippen LogP) is 7.45. The van der Waals surface area contributed by atoms with Gasteiger partial charge in [0.1, 0.15) is 29.8 Å². The van der Waals surface area contributed by atoms with E-state index in [0.717, 1.165) is 22.2 Å². The van der Waals surface area contributed by atoms with Gasteiger partial charge in [0.05, 0.1) is 6.61 Å². The van der Waals surface area contributed by atoms with Gasteiger partial charge in [-0.15, -0.1) is 0 Å². The SMILES string of the molecule is CCOC(=O)N[C@@H](C(=O)N1CCC[C@H]1C(=O)Nc1ccc2[nH]c(-c3ccc(NC(=O)[C@@H]4CCCN4C(=O)[C@H](NC(=O)OC(C)(C)C)c4ccccc4)cc3)cc2c1)c1ccccc1. The number of aromatic nitrogens is 1. The maximum absolute atomic E-state index is 14.0. The minimum Gasteiger partial charge on any atom is -0.450 e. The summed E-state index contributed by atoms with van der Waals surface area (Å²) < 4.78 is 10.5. The Labute approximate surface area is 365 Å². The largest absolute Gasteiger partial charge is 0.450 e. The van der Waals surface area contributed by atoms with E-state index in [1.54, 1.807) is 94.4 Å². The number of fused-ring (bicyclic) bond motifs is 1. The first-order chi connectivity index (χ1) is 30.3. The van der Waals surface area contributed by atoms with Gasteiger partial charge in [-0.3, -0.25) is 19.2 Å². The molecule has 15 nitrogen and oxygen atoms in total. The third-order valence-corrected chi connectivity index (χ3v) is 11.0. The summed E-state index contributed by atoms with van der Waals surface area (Å²) in [5.41, 5.74) is 4.04. The van der Waals surface area contributed by atoms with Crippen LogP contribution >= 0.6 is 0 Å². The number of alkyl carbamates (subject to hydrolysis) is 2. The number of amides is 6. The molecule has 63 heavy (non-hydrogen) atoms. The van der Waals surface area contributed by atoms with Gasteiger partial charge in [-0.25, -0.2) is 9.59 Å². The second kappa shape index (κ2) is 19.3. The molecule has 328 valence electrons. The number of nitrogens with zero attached hydrogens (tertiary/aromatic N) is 2. The van der Waals surface area contributed by atoms with Crippen LogP contribution in [-0.2, 0) is 28.7 Å². The van der Waals surface area contributed by atoms with Gasteiger partial charge in [0.25, 0.3) is 11.8 Å². The van der Waals surface area contributed by atoms with Crippen molar-refractivity contribution in [3.05, 3.63) is 120 Å². The molecule has 4 atom stereocenters. The Bertz CT molecular complexity index is 2450. The van der Waals surface area contributed by atoms with Crippen molar-refractivity contribution in [3.8, 4) is 11.3 Å². The number of hydrogen-bond acceptors (Lipinski definition) is 8. The van der Waals surface area contributed by atoms with Crippen LogP contribution in [-0.4, -0.2) is 88.0 Å². The number of likely N-dealkylation sites (tertiary alicyclic amines) is 2. The van der Waals surface area contributed by atoms with Crippen molar-refractivity contribution < 1.29 is 38.2 Å². The highest BCUT2D eigenvalue weighted by Gasteiger charge is 2.40. The standard InChI is InChI=1S/C48H53N7O8/c1-5-62-46(60)52-40(31-14-8-6-9-15-31)44(58)55-27-13-19-39(55)43(57)50-35-24-25-36-33(28-35)29-37(51-36)30-20-22-34(23-21-30)49-42(56)38-18-12-26-54(38)45(59)41(32-16-10-7-11-17-32)53-47(61)63-48(2,3)4/h6-11,14-17,20-25,28-29,38-41,51H,5,12-13,18-19,26-27H2,1-4H3,(H,49,56)(H,50,57)(H,52,60)(H,53,61)/t38-,39-,40+,41+/m0/s1. The van der Waals surface area contributed by atoms with Gasteiger partial charge >= 0.3 is 12.2 Å². The molecular weight excluding hydrogens is 803 g/mol. The maximum Gasteiger partial charge on any atom is 0.408 e. The average molecular weight is 856 g/mol. The minimum atomic E-state index is -1.04. The molecular formula is C48H53N7O8. The number of rotatable bonds is 12. The van der Waals surface area contributed by atoms with Gasteiger partial charge in [-0.1, -0.05) is 72.8 Å². The lowest BCUT2D eigenvalue weighted by molar-refractivity contribution is -0.138. The highest BCUT2D eigenvalue weighted by atomic mass is 16.6. The summed E-state index contributed by atoms with van der Waals surface area (Å²) in [4.78, 5) is 86.9. The first-order valence-electron chi connectivity index (χ1n) is 21.3. The summed E-state index contributed by atoms with van der Waals surface area (Å²) in [6.07, 6.45) is 0.775. The molecule has 0 aliphatic carbocycles. The Hall–Kier alpha value is -7.16. The van der Waals surface area contributed by atoms with E-state index in [4.69, 9.17) is 9.47 Å². The number of hydrogen-bond donors (Lipinski definition) is 5. The molecule has 2 aliphatic heterocycles. The van der Waals surface area contributed by atoms with Crippen LogP contribution in [0.2, 0.25) is 0 Å². The summed E-state index contributed by atoms with van der Waals surface area (Å²) in [6, 6.07) is 29.1. The van der Waals surface area contributed by atoms with Gasteiger partial charge < -0.3 is 45.5 Å². The van der Waals surface area contributed by atoms with Crippen molar-refractivity contribution in [1.29, 1.82) is 0 Å². The summed E-state index contributed by atoms with van der Waals surface area (Å²) in [6.45, 7) is 7.81. The normalized spacial score (nSPS) is 17.1. The molecule has 0 bridgehead atoms. The lowest BCUT2D eigenvalue weighted by Gasteiger charge is -2.29. The number of nitrogens with one attached hydrogen (secondary N) is 5. The highest BCUT2D eigenvalue weighted by Crippen LogP contribution is 2.30. The van der Waals surface area contributed by atoms with Crippen LogP contribution in [0.5, 0.6) is 0 Å². The Balaban J connectivity index is 0.988. The Morgan fingerprint density at radius 1 is 0.667 bits per heavy atom. The first-order valence-corrected chi connectivity index (χ1v) is 21.3. The second-order valence-corrected chi connectivity index (χ2v) is 16.6. The van der Waals surface area contributed by atoms with Gasteiger partial charge in [0.15, 0.2) is 0 Å². The Morgan fingerprint density at radius 2 is 1.17 bits per heavy atom. The van der Waals surface area contributed by atoms with E-state index < -0.39 is 47.9 Å². The van der Waals surface area contributed by atoms with Crippen molar-refractivity contribution >= 4 is 58.1 Å². The van der Waals surface area contributed by atoms with E-state index in [9.17, 15) is 28.8 Å². The van der Waals surface area contributed by atoms with Crippen LogP contribution < -0.4 is 21.3 Å². The summed E-state index contributed by atoms with van der Waals surface area (Å²) >= 11 is 0. The minimum absolute atomic E-state index is 0.150. The molecule has 3 heterocycles. The van der Waals surface area contributed by atoms with Gasteiger partial charge in [0, 0.05) is 41.1 Å². The molecule has 5 aromatic rings. The van der Waals surface area contributed by atoms with Crippen molar-refractivity contribution in [3.63, 3.8) is 0 Å². The van der Waals surface area contributed by atoms with Crippen LogP contribution in [0.4, 0.5) is 21.0 Å².